The summed E-state index contributed by atoms with van der Waals surface area (Å²) in [5.41, 5.74) is 0.0317. The van der Waals surface area contributed by atoms with Crippen LogP contribution >= 0.6 is 11.6 Å². The molecule has 0 saturated heterocycles. The average molecular weight is 293 g/mol. The minimum Gasteiger partial charge on any atom is -0.306 e. The second-order valence-corrected chi connectivity index (χ2v) is 4.59. The van der Waals surface area contributed by atoms with Crippen molar-refractivity contribution < 1.29 is 8.78 Å². The topological polar surface area (TPSA) is 45.8 Å². The van der Waals surface area contributed by atoms with E-state index < -0.39 is 17.2 Å². The van der Waals surface area contributed by atoms with Crippen LogP contribution in [-0.4, -0.2) is 9.97 Å². The van der Waals surface area contributed by atoms with Gasteiger partial charge in [0.15, 0.2) is 11.6 Å². The smallest absolute Gasteiger partial charge is 0.259 e. The number of benzene rings is 2. The van der Waals surface area contributed by atoms with Crippen LogP contribution in [0.4, 0.5) is 8.78 Å². The number of nitrogens with one attached hydrogen (secondary N) is 1. The largest absolute Gasteiger partial charge is 0.306 e. The molecule has 0 atom stereocenters. The highest BCUT2D eigenvalue weighted by molar-refractivity contribution is 6.33. The lowest BCUT2D eigenvalue weighted by Gasteiger charge is -2.05. The van der Waals surface area contributed by atoms with Crippen LogP contribution in [0.3, 0.4) is 0 Å². The number of nitrogens with zero attached hydrogens (tertiary/aromatic N) is 1. The monoisotopic (exact) mass is 292 g/mol. The lowest BCUT2D eigenvalue weighted by atomic mass is 10.2. The van der Waals surface area contributed by atoms with Gasteiger partial charge < -0.3 is 4.98 Å². The molecule has 0 amide bonds. The number of rotatable bonds is 1. The fourth-order valence-electron chi connectivity index (χ4n) is 1.91. The van der Waals surface area contributed by atoms with E-state index in [4.69, 9.17) is 11.6 Å². The van der Waals surface area contributed by atoms with Gasteiger partial charge in [0, 0.05) is 11.6 Å². The highest BCUT2D eigenvalue weighted by Crippen LogP contribution is 2.25. The molecule has 0 aliphatic heterocycles. The zero-order valence-corrected chi connectivity index (χ0v) is 10.7. The van der Waals surface area contributed by atoms with Gasteiger partial charge >= 0.3 is 0 Å². The quantitative estimate of drug-likeness (QED) is 0.746. The Morgan fingerprint density at radius 3 is 2.55 bits per heavy atom. The molecule has 2 aromatic carbocycles. The van der Waals surface area contributed by atoms with Gasteiger partial charge in [-0.3, -0.25) is 4.79 Å². The highest BCUT2D eigenvalue weighted by Gasteiger charge is 2.11. The summed E-state index contributed by atoms with van der Waals surface area (Å²) in [7, 11) is 0. The molecule has 0 aliphatic rings. The molecule has 0 unspecified atom stereocenters. The predicted octanol–water partition coefficient (Wildman–Crippen LogP) is 3.52. The van der Waals surface area contributed by atoms with E-state index in [2.05, 4.69) is 9.97 Å². The van der Waals surface area contributed by atoms with E-state index in [1.165, 1.54) is 0 Å². The molecule has 0 aliphatic carbocycles. The third-order valence-corrected chi connectivity index (χ3v) is 3.21. The standard InChI is InChI=1S/C14H7ClF2N2O/c15-9-4-2-1-3-7(9)13-18-12-6-11(17)10(16)5-8(12)14(20)19-13/h1-6H,(H,18,19,20). The molecule has 0 radical (unpaired) electrons. The molecular formula is C14H7ClF2N2O. The summed E-state index contributed by atoms with van der Waals surface area (Å²) < 4.78 is 26.4. The zero-order chi connectivity index (χ0) is 14.3. The number of halogens is 3. The van der Waals surface area contributed by atoms with Crippen molar-refractivity contribution in [3.05, 3.63) is 63.4 Å². The Bertz CT molecular complexity index is 877. The number of aromatic amines is 1. The molecule has 3 rings (SSSR count). The van der Waals surface area contributed by atoms with Crippen LogP contribution in [0.25, 0.3) is 22.3 Å². The van der Waals surface area contributed by atoms with Crippen molar-refractivity contribution in [1.29, 1.82) is 0 Å². The molecular weight excluding hydrogens is 286 g/mol. The molecule has 1 aromatic heterocycles. The number of fused-ring (bicyclic) bond motifs is 1. The van der Waals surface area contributed by atoms with Gasteiger partial charge in [-0.05, 0) is 18.2 Å². The molecule has 1 N–H and O–H groups in total. The first kappa shape index (κ1) is 12.7. The van der Waals surface area contributed by atoms with Crippen LogP contribution < -0.4 is 5.56 Å². The van der Waals surface area contributed by atoms with E-state index in [0.717, 1.165) is 12.1 Å². The fraction of sp³-hybridized carbons (Fsp3) is 0. The third kappa shape index (κ3) is 2.06. The number of hydrogen-bond acceptors (Lipinski definition) is 2. The van der Waals surface area contributed by atoms with Gasteiger partial charge in [0.25, 0.3) is 5.56 Å². The Labute approximate surface area is 116 Å². The Kier molecular flexibility index (Phi) is 2.99. The molecule has 0 saturated carbocycles. The van der Waals surface area contributed by atoms with Crippen molar-refractivity contribution in [3.8, 4) is 11.4 Å². The average Bonchev–Trinajstić information content (AvgIpc) is 2.41. The molecule has 100 valence electrons. The summed E-state index contributed by atoms with van der Waals surface area (Å²) >= 11 is 6.02. The second-order valence-electron chi connectivity index (χ2n) is 4.18. The molecule has 0 bridgehead atoms. The lowest BCUT2D eigenvalue weighted by molar-refractivity contribution is 0.510. The van der Waals surface area contributed by atoms with Crippen LogP contribution in [0.5, 0.6) is 0 Å². The first-order valence-electron chi connectivity index (χ1n) is 5.70. The Morgan fingerprint density at radius 1 is 1.10 bits per heavy atom. The highest BCUT2D eigenvalue weighted by atomic mass is 35.5. The number of H-pyrrole nitrogens is 1. The molecule has 0 spiro atoms. The zero-order valence-electron chi connectivity index (χ0n) is 9.95. The van der Waals surface area contributed by atoms with Crippen molar-refractivity contribution in [2.45, 2.75) is 0 Å². The van der Waals surface area contributed by atoms with Gasteiger partial charge in [0.05, 0.1) is 15.9 Å². The molecule has 1 heterocycles. The third-order valence-electron chi connectivity index (χ3n) is 2.88. The summed E-state index contributed by atoms with van der Waals surface area (Å²) in [5, 5.41) is 0.386. The van der Waals surface area contributed by atoms with Crippen LogP contribution in [0.1, 0.15) is 0 Å². The lowest BCUT2D eigenvalue weighted by Crippen LogP contribution is -2.10. The van der Waals surface area contributed by atoms with Crippen molar-refractivity contribution >= 4 is 22.5 Å². The van der Waals surface area contributed by atoms with Gasteiger partial charge in [-0.2, -0.15) is 0 Å². The summed E-state index contributed by atoms with van der Waals surface area (Å²) in [6, 6.07) is 8.50. The number of hydrogen-bond donors (Lipinski definition) is 1. The number of aromatic nitrogens is 2. The maximum atomic E-state index is 13.2. The van der Waals surface area contributed by atoms with Gasteiger partial charge in [0.2, 0.25) is 0 Å². The first-order chi connectivity index (χ1) is 9.56. The van der Waals surface area contributed by atoms with E-state index in [-0.39, 0.29) is 16.7 Å². The Hall–Kier alpha value is -2.27. The maximum Gasteiger partial charge on any atom is 0.259 e. The fourth-order valence-corrected chi connectivity index (χ4v) is 2.14. The summed E-state index contributed by atoms with van der Waals surface area (Å²) in [6.07, 6.45) is 0. The van der Waals surface area contributed by atoms with Gasteiger partial charge in [0.1, 0.15) is 5.82 Å². The normalized spacial score (nSPS) is 10.9. The van der Waals surface area contributed by atoms with E-state index in [9.17, 15) is 13.6 Å². The molecule has 0 fully saturated rings. The first-order valence-corrected chi connectivity index (χ1v) is 6.08. The van der Waals surface area contributed by atoms with Crippen molar-refractivity contribution in [2.24, 2.45) is 0 Å². The van der Waals surface area contributed by atoms with Crippen LogP contribution in [0.15, 0.2) is 41.2 Å². The minimum atomic E-state index is -1.09. The SMILES string of the molecule is O=c1[nH]c(-c2ccccc2Cl)nc2cc(F)c(F)cc12. The molecule has 3 nitrogen and oxygen atoms in total. The summed E-state index contributed by atoms with van der Waals surface area (Å²) in [4.78, 5) is 18.6. The summed E-state index contributed by atoms with van der Waals surface area (Å²) in [6.45, 7) is 0. The van der Waals surface area contributed by atoms with Gasteiger partial charge in [-0.25, -0.2) is 13.8 Å². The van der Waals surface area contributed by atoms with E-state index in [1.54, 1.807) is 24.3 Å². The van der Waals surface area contributed by atoms with Gasteiger partial charge in [-0.1, -0.05) is 23.7 Å². The van der Waals surface area contributed by atoms with Crippen LogP contribution in [-0.2, 0) is 0 Å². The molecule has 20 heavy (non-hydrogen) atoms. The Balaban J connectivity index is 2.33. The van der Waals surface area contributed by atoms with E-state index in [0.29, 0.717) is 10.6 Å². The van der Waals surface area contributed by atoms with Gasteiger partial charge in [-0.15, -0.1) is 0 Å². The maximum absolute atomic E-state index is 13.2. The second kappa shape index (κ2) is 4.68. The van der Waals surface area contributed by atoms with Crippen molar-refractivity contribution in [3.63, 3.8) is 0 Å². The van der Waals surface area contributed by atoms with Crippen LogP contribution in [0, 0.1) is 11.6 Å². The molecule has 6 heteroatoms. The Morgan fingerprint density at radius 2 is 1.80 bits per heavy atom. The van der Waals surface area contributed by atoms with Crippen molar-refractivity contribution in [1.82, 2.24) is 9.97 Å². The predicted molar refractivity (Wildman–Crippen MR) is 72.7 cm³/mol. The van der Waals surface area contributed by atoms with E-state index >= 15 is 0 Å². The summed E-state index contributed by atoms with van der Waals surface area (Å²) in [5.74, 6) is -1.94. The molecule has 3 aromatic rings. The van der Waals surface area contributed by atoms with Crippen molar-refractivity contribution in [2.75, 3.05) is 0 Å². The van der Waals surface area contributed by atoms with Crippen LogP contribution in [0.2, 0.25) is 5.02 Å². The minimum absolute atomic E-state index is 0.0142. The van der Waals surface area contributed by atoms with E-state index in [1.807, 2.05) is 0 Å².